The number of hydrogen-bond acceptors (Lipinski definition) is 10. The number of ether oxygens (including phenoxy) is 3. The molecule has 0 bridgehead atoms. The van der Waals surface area contributed by atoms with Gasteiger partial charge in [0.15, 0.2) is 12.4 Å². The molecule has 1 rings (SSSR count). The summed E-state index contributed by atoms with van der Waals surface area (Å²) in [4.78, 5) is 26.4. The van der Waals surface area contributed by atoms with Gasteiger partial charge in [-0.25, -0.2) is 0 Å². The molecular formula is C59H99NO10. The number of unbranched alkanes of at least 4 members (excludes halogenated alkanes) is 21. The molecule has 70 heavy (non-hydrogen) atoms. The standard InChI is InChI=1S/C59H99NO10/c1-4-7-10-13-16-19-22-25-27-29-32-35-38-41-44-47-54(64)70-57-56(66)55(65)53(48-61)69-59(57)68-49-50(51(62)45-42-39-36-33-30-24-21-18-15-12-9-6-3)60-58(67)52(63)46-43-40-37-34-31-28-26-23-20-17-14-11-8-5-2/h7,10,13,16-17,19-20,22-23,25-27,29,32,42,45,50-53,55-57,59,61-63,65-66H,4-6,8-9,11-12,14-15,18,21,24,28,30-31,33-41,43-44,46-49H2,1-3H3,(H,60,67)/b10-7+,16-13+,20-17+,22-19-,26-23+,27-25-,32-29+,45-42+. The fourth-order valence-corrected chi connectivity index (χ4v) is 7.95. The van der Waals surface area contributed by atoms with Crippen LogP contribution in [0.5, 0.6) is 0 Å². The Morgan fingerprint density at radius 3 is 1.59 bits per heavy atom. The Morgan fingerprint density at radius 1 is 0.571 bits per heavy atom. The first-order valence-corrected chi connectivity index (χ1v) is 27.6. The number of aliphatic hydroxyl groups excluding tert-OH is 5. The van der Waals surface area contributed by atoms with Gasteiger partial charge in [-0.15, -0.1) is 0 Å². The van der Waals surface area contributed by atoms with Crippen molar-refractivity contribution in [2.24, 2.45) is 0 Å². The molecule has 0 aromatic rings. The number of esters is 1. The predicted molar refractivity (Wildman–Crippen MR) is 287 cm³/mol. The zero-order chi connectivity index (χ0) is 51.1. The number of aliphatic hydroxyl groups is 5. The van der Waals surface area contributed by atoms with E-state index in [-0.39, 0.29) is 19.4 Å². The summed E-state index contributed by atoms with van der Waals surface area (Å²) in [6.07, 6.45) is 50.2. The summed E-state index contributed by atoms with van der Waals surface area (Å²) >= 11 is 0. The first-order valence-electron chi connectivity index (χ1n) is 27.6. The monoisotopic (exact) mass is 982 g/mol. The number of rotatable bonds is 44. The maximum absolute atomic E-state index is 13.3. The molecule has 0 aliphatic carbocycles. The second-order valence-corrected chi connectivity index (χ2v) is 18.7. The lowest BCUT2D eigenvalue weighted by Crippen LogP contribution is -2.61. The zero-order valence-electron chi connectivity index (χ0n) is 43.8. The van der Waals surface area contributed by atoms with Crippen LogP contribution in [0.2, 0.25) is 0 Å². The molecule has 0 radical (unpaired) electrons. The molecule has 1 aliphatic heterocycles. The largest absolute Gasteiger partial charge is 0.454 e. The van der Waals surface area contributed by atoms with E-state index in [0.717, 1.165) is 89.9 Å². The summed E-state index contributed by atoms with van der Waals surface area (Å²) in [5, 5.41) is 56.7. The molecule has 1 fully saturated rings. The SMILES string of the molecule is CC/C=C/C=C/C=C\C=C/C=C/CCCCCC(=O)OC1C(OCC(NC(=O)C(O)CCCCCCC/C=C/C=C/CCCCC)C(O)/C=C/CCCCCCCCCCCC)OC(CO)C(O)C1O. The van der Waals surface area contributed by atoms with Crippen LogP contribution in [0.15, 0.2) is 97.2 Å². The van der Waals surface area contributed by atoms with Crippen molar-refractivity contribution in [1.29, 1.82) is 0 Å². The summed E-state index contributed by atoms with van der Waals surface area (Å²) in [6.45, 7) is 5.55. The van der Waals surface area contributed by atoms with Gasteiger partial charge in [-0.1, -0.05) is 221 Å². The number of carbonyl (C=O) groups is 2. The third-order valence-electron chi connectivity index (χ3n) is 12.4. The molecule has 1 heterocycles. The van der Waals surface area contributed by atoms with Gasteiger partial charge in [0.2, 0.25) is 5.91 Å². The summed E-state index contributed by atoms with van der Waals surface area (Å²) in [6, 6.07) is -1.04. The highest BCUT2D eigenvalue weighted by Gasteiger charge is 2.47. The molecule has 1 saturated heterocycles. The van der Waals surface area contributed by atoms with Gasteiger partial charge in [0, 0.05) is 6.42 Å². The molecule has 11 heteroatoms. The Morgan fingerprint density at radius 2 is 1.03 bits per heavy atom. The molecule has 1 aliphatic rings. The summed E-state index contributed by atoms with van der Waals surface area (Å²) in [7, 11) is 0. The molecule has 1 amide bonds. The van der Waals surface area contributed by atoms with Gasteiger partial charge in [-0.05, 0) is 70.6 Å². The van der Waals surface area contributed by atoms with Crippen LogP contribution >= 0.6 is 0 Å². The highest BCUT2D eigenvalue weighted by atomic mass is 16.7. The molecule has 0 aromatic heterocycles. The summed E-state index contributed by atoms with van der Waals surface area (Å²) < 4.78 is 17.5. The van der Waals surface area contributed by atoms with Gasteiger partial charge in [-0.2, -0.15) is 0 Å². The van der Waals surface area contributed by atoms with Crippen LogP contribution < -0.4 is 5.32 Å². The van der Waals surface area contributed by atoms with Gasteiger partial charge in [-0.3, -0.25) is 9.59 Å². The Bertz CT molecular complexity index is 1500. The summed E-state index contributed by atoms with van der Waals surface area (Å²) in [5.74, 6) is -1.26. The molecule has 6 N–H and O–H groups in total. The van der Waals surface area contributed by atoms with Crippen LogP contribution in [0, 0.1) is 0 Å². The number of allylic oxidation sites excluding steroid dienone is 15. The van der Waals surface area contributed by atoms with E-state index in [2.05, 4.69) is 62.5 Å². The fraction of sp³-hybridized carbons (Fsp3) is 0.695. The van der Waals surface area contributed by atoms with E-state index in [4.69, 9.17) is 14.2 Å². The van der Waals surface area contributed by atoms with Crippen LogP contribution in [-0.4, -0.2) is 99.6 Å². The Hall–Kier alpha value is -3.42. The third-order valence-corrected chi connectivity index (χ3v) is 12.4. The van der Waals surface area contributed by atoms with Crippen LogP contribution in [0.3, 0.4) is 0 Å². The van der Waals surface area contributed by atoms with Gasteiger partial charge in [0.25, 0.3) is 0 Å². The van der Waals surface area contributed by atoms with Gasteiger partial charge < -0.3 is 45.1 Å². The van der Waals surface area contributed by atoms with E-state index in [0.29, 0.717) is 12.8 Å². The second-order valence-electron chi connectivity index (χ2n) is 18.7. The minimum absolute atomic E-state index is 0.0679. The Labute approximate surface area is 425 Å². The summed E-state index contributed by atoms with van der Waals surface area (Å²) in [5.41, 5.74) is 0. The van der Waals surface area contributed by atoms with Gasteiger partial charge in [0.1, 0.15) is 24.4 Å². The van der Waals surface area contributed by atoms with E-state index < -0.39 is 67.4 Å². The molecule has 11 nitrogen and oxygen atoms in total. The van der Waals surface area contributed by atoms with Crippen molar-refractivity contribution in [3.63, 3.8) is 0 Å². The second kappa shape index (κ2) is 46.6. The average molecular weight is 982 g/mol. The van der Waals surface area contributed by atoms with E-state index in [9.17, 15) is 35.1 Å². The lowest BCUT2D eigenvalue weighted by atomic mass is 9.99. The minimum Gasteiger partial charge on any atom is -0.454 e. The maximum atomic E-state index is 13.3. The average Bonchev–Trinajstić information content (AvgIpc) is 3.36. The highest BCUT2D eigenvalue weighted by Crippen LogP contribution is 2.26. The molecular weight excluding hydrogens is 883 g/mol. The zero-order valence-corrected chi connectivity index (χ0v) is 43.8. The van der Waals surface area contributed by atoms with Crippen molar-refractivity contribution in [2.45, 2.75) is 250 Å². The smallest absolute Gasteiger partial charge is 0.306 e. The van der Waals surface area contributed by atoms with Gasteiger partial charge in [0.05, 0.1) is 25.4 Å². The minimum atomic E-state index is -1.64. The van der Waals surface area contributed by atoms with E-state index in [1.807, 2.05) is 54.7 Å². The lowest BCUT2D eigenvalue weighted by molar-refractivity contribution is -0.305. The highest BCUT2D eigenvalue weighted by molar-refractivity contribution is 5.80. The van der Waals surface area contributed by atoms with E-state index in [1.165, 1.54) is 64.2 Å². The predicted octanol–water partition coefficient (Wildman–Crippen LogP) is 12.0. The van der Waals surface area contributed by atoms with Crippen LogP contribution in [0.4, 0.5) is 0 Å². The first kappa shape index (κ1) is 64.6. The van der Waals surface area contributed by atoms with Crippen molar-refractivity contribution in [1.82, 2.24) is 5.32 Å². The topological polar surface area (TPSA) is 175 Å². The van der Waals surface area contributed by atoms with Crippen molar-refractivity contribution >= 4 is 11.9 Å². The Balaban J connectivity index is 2.81. The quantitative estimate of drug-likeness (QED) is 0.0149. The number of carbonyl (C=O) groups excluding carboxylic acids is 2. The maximum Gasteiger partial charge on any atom is 0.306 e. The van der Waals surface area contributed by atoms with E-state index in [1.54, 1.807) is 6.08 Å². The van der Waals surface area contributed by atoms with Crippen LogP contribution in [-0.2, 0) is 23.8 Å². The van der Waals surface area contributed by atoms with Crippen molar-refractivity contribution < 1.29 is 49.3 Å². The number of nitrogens with one attached hydrogen (secondary N) is 1. The molecule has 8 unspecified atom stereocenters. The molecule has 0 saturated carbocycles. The van der Waals surface area contributed by atoms with Crippen LogP contribution in [0.1, 0.15) is 201 Å². The van der Waals surface area contributed by atoms with E-state index >= 15 is 0 Å². The first-order chi connectivity index (χ1) is 34.2. The fourth-order valence-electron chi connectivity index (χ4n) is 7.95. The van der Waals surface area contributed by atoms with Crippen LogP contribution in [0.25, 0.3) is 0 Å². The molecule has 400 valence electrons. The Kier molecular flexibility index (Phi) is 43.0. The number of amides is 1. The van der Waals surface area contributed by atoms with Crippen molar-refractivity contribution in [3.8, 4) is 0 Å². The molecule has 0 aromatic carbocycles. The van der Waals surface area contributed by atoms with Crippen molar-refractivity contribution in [3.05, 3.63) is 97.2 Å². The molecule has 8 atom stereocenters. The normalized spacial score (nSPS) is 20.5. The lowest BCUT2D eigenvalue weighted by Gasteiger charge is -2.41. The van der Waals surface area contributed by atoms with Crippen molar-refractivity contribution in [2.75, 3.05) is 13.2 Å². The third kappa shape index (κ3) is 34.8. The molecule has 0 spiro atoms. The number of hydrogen-bond donors (Lipinski definition) is 6. The van der Waals surface area contributed by atoms with Gasteiger partial charge >= 0.3 is 5.97 Å².